The number of amides is 1. The minimum absolute atomic E-state index is 0.0931. The number of nitrogens with zero attached hydrogens (tertiary/aromatic N) is 1. The van der Waals surface area contributed by atoms with E-state index in [-0.39, 0.29) is 28.3 Å². The van der Waals surface area contributed by atoms with Crippen LogP contribution in [0.3, 0.4) is 0 Å². The van der Waals surface area contributed by atoms with Crippen LogP contribution < -0.4 is 15.8 Å². The van der Waals surface area contributed by atoms with Gasteiger partial charge in [0, 0.05) is 11.1 Å². The number of aromatic hydroxyl groups is 1. The van der Waals surface area contributed by atoms with Gasteiger partial charge in [-0.1, -0.05) is 11.6 Å². The number of benzene rings is 1. The van der Waals surface area contributed by atoms with E-state index < -0.39 is 11.5 Å². The smallest absolute Gasteiger partial charge is 0.348 e. The molecule has 0 bridgehead atoms. The molecule has 1 amide bonds. The van der Waals surface area contributed by atoms with E-state index in [9.17, 15) is 14.7 Å². The number of carbonyl (C=O) groups excluding carboxylic acids is 1. The molecule has 0 fully saturated rings. The minimum Gasteiger partial charge on any atom is -0.507 e. The molecular weight excluding hydrogens is 336 g/mol. The second kappa shape index (κ2) is 7.18. The standard InChI is InChI=1S/C16H15ClN2O5/c1-8-6-12(20)14(16(22)24-8)9(2)18-19-15(21)11-7-10(17)4-5-13(11)23-3/h4-7,20H,1-3H3,(H,19,21)/b18-9+. The fourth-order valence-corrected chi connectivity index (χ4v) is 2.21. The predicted molar refractivity (Wildman–Crippen MR) is 89.1 cm³/mol. The van der Waals surface area contributed by atoms with Crippen LogP contribution in [0.4, 0.5) is 0 Å². The van der Waals surface area contributed by atoms with Gasteiger partial charge in [0.1, 0.15) is 22.8 Å². The number of carbonyl (C=O) groups is 1. The van der Waals surface area contributed by atoms with E-state index in [1.165, 1.54) is 33.1 Å². The van der Waals surface area contributed by atoms with Crippen molar-refractivity contribution in [3.05, 3.63) is 56.6 Å². The van der Waals surface area contributed by atoms with Crippen LogP contribution in [0.25, 0.3) is 0 Å². The average molecular weight is 351 g/mol. The third-order valence-electron chi connectivity index (χ3n) is 3.15. The predicted octanol–water partition coefficient (Wildman–Crippen LogP) is 2.47. The van der Waals surface area contributed by atoms with Gasteiger partial charge in [0.05, 0.1) is 18.4 Å². The number of aryl methyl sites for hydroxylation is 1. The van der Waals surface area contributed by atoms with E-state index in [4.69, 9.17) is 20.8 Å². The number of rotatable bonds is 4. The van der Waals surface area contributed by atoms with Gasteiger partial charge < -0.3 is 14.3 Å². The Balaban J connectivity index is 2.30. The highest BCUT2D eigenvalue weighted by atomic mass is 35.5. The van der Waals surface area contributed by atoms with E-state index in [0.717, 1.165) is 0 Å². The second-order valence-electron chi connectivity index (χ2n) is 4.89. The zero-order chi connectivity index (χ0) is 17.9. The average Bonchev–Trinajstić information content (AvgIpc) is 2.51. The van der Waals surface area contributed by atoms with E-state index in [0.29, 0.717) is 10.8 Å². The van der Waals surface area contributed by atoms with Gasteiger partial charge in [-0.25, -0.2) is 10.2 Å². The summed E-state index contributed by atoms with van der Waals surface area (Å²) in [5.41, 5.74) is 1.69. The molecule has 0 aliphatic carbocycles. The van der Waals surface area contributed by atoms with Gasteiger partial charge in [0.25, 0.3) is 5.91 Å². The van der Waals surface area contributed by atoms with Crippen molar-refractivity contribution in [1.82, 2.24) is 5.43 Å². The fraction of sp³-hybridized carbons (Fsp3) is 0.188. The first-order valence-corrected chi connectivity index (χ1v) is 7.23. The summed E-state index contributed by atoms with van der Waals surface area (Å²) in [6.45, 7) is 2.99. The summed E-state index contributed by atoms with van der Waals surface area (Å²) < 4.78 is 10.00. The van der Waals surface area contributed by atoms with Gasteiger partial charge in [-0.05, 0) is 32.0 Å². The van der Waals surface area contributed by atoms with Crippen LogP contribution in [0.2, 0.25) is 5.02 Å². The molecule has 126 valence electrons. The Morgan fingerprint density at radius 3 is 2.71 bits per heavy atom. The number of hydrazone groups is 1. The molecule has 2 aromatic rings. The van der Waals surface area contributed by atoms with Crippen molar-refractivity contribution in [2.45, 2.75) is 13.8 Å². The molecule has 2 rings (SSSR count). The maximum Gasteiger partial charge on any atom is 0.348 e. The molecular formula is C16H15ClN2O5. The highest BCUT2D eigenvalue weighted by molar-refractivity contribution is 6.31. The molecule has 0 aliphatic rings. The molecule has 0 aliphatic heterocycles. The monoisotopic (exact) mass is 350 g/mol. The third kappa shape index (κ3) is 3.75. The SMILES string of the molecule is COc1ccc(Cl)cc1C(=O)N/N=C(\C)c1c(O)cc(C)oc1=O. The van der Waals surface area contributed by atoms with Crippen molar-refractivity contribution in [3.8, 4) is 11.5 Å². The van der Waals surface area contributed by atoms with Gasteiger partial charge in [-0.2, -0.15) is 5.10 Å². The summed E-state index contributed by atoms with van der Waals surface area (Å²) >= 11 is 5.87. The molecule has 0 atom stereocenters. The van der Waals surface area contributed by atoms with Gasteiger partial charge in [-0.3, -0.25) is 4.79 Å². The minimum atomic E-state index is -0.747. The fourth-order valence-electron chi connectivity index (χ4n) is 2.04. The molecule has 0 saturated heterocycles. The van der Waals surface area contributed by atoms with Crippen molar-refractivity contribution in [1.29, 1.82) is 0 Å². The lowest BCUT2D eigenvalue weighted by atomic mass is 10.2. The molecule has 7 nitrogen and oxygen atoms in total. The van der Waals surface area contributed by atoms with Crippen LogP contribution in [0, 0.1) is 6.92 Å². The zero-order valence-corrected chi connectivity index (χ0v) is 14.0. The summed E-state index contributed by atoms with van der Waals surface area (Å²) in [5, 5.41) is 14.0. The van der Waals surface area contributed by atoms with Crippen LogP contribution in [0.15, 0.2) is 38.6 Å². The zero-order valence-electron chi connectivity index (χ0n) is 13.2. The number of methoxy groups -OCH3 is 1. The lowest BCUT2D eigenvalue weighted by Crippen LogP contribution is -2.22. The Bertz CT molecular complexity index is 873. The third-order valence-corrected chi connectivity index (χ3v) is 3.38. The Hall–Kier alpha value is -2.80. The van der Waals surface area contributed by atoms with Gasteiger partial charge in [0.2, 0.25) is 0 Å². The summed E-state index contributed by atoms with van der Waals surface area (Å²) in [7, 11) is 1.42. The number of nitrogens with one attached hydrogen (secondary N) is 1. The highest BCUT2D eigenvalue weighted by Gasteiger charge is 2.15. The van der Waals surface area contributed by atoms with Gasteiger partial charge in [0.15, 0.2) is 0 Å². The first-order chi connectivity index (χ1) is 11.3. The van der Waals surface area contributed by atoms with Crippen molar-refractivity contribution >= 4 is 23.2 Å². The second-order valence-corrected chi connectivity index (χ2v) is 5.32. The van der Waals surface area contributed by atoms with Crippen molar-refractivity contribution in [3.63, 3.8) is 0 Å². The molecule has 8 heteroatoms. The molecule has 1 aromatic heterocycles. The van der Waals surface area contributed by atoms with Gasteiger partial charge in [-0.15, -0.1) is 0 Å². The maximum absolute atomic E-state index is 12.2. The van der Waals surface area contributed by atoms with Crippen LogP contribution in [0.5, 0.6) is 11.5 Å². The molecule has 0 unspecified atom stereocenters. The normalized spacial score (nSPS) is 11.2. The van der Waals surface area contributed by atoms with E-state index in [1.54, 1.807) is 12.1 Å². The molecule has 0 spiro atoms. The van der Waals surface area contributed by atoms with E-state index in [2.05, 4.69) is 10.5 Å². The Labute approximate surface area is 142 Å². The quantitative estimate of drug-likeness (QED) is 0.651. The molecule has 0 radical (unpaired) electrons. The van der Waals surface area contributed by atoms with Crippen LogP contribution in [0.1, 0.15) is 28.6 Å². The first-order valence-electron chi connectivity index (χ1n) is 6.85. The summed E-state index contributed by atoms with van der Waals surface area (Å²) in [6.07, 6.45) is 0. The van der Waals surface area contributed by atoms with Crippen LogP contribution in [-0.4, -0.2) is 23.8 Å². The van der Waals surface area contributed by atoms with Crippen LogP contribution >= 0.6 is 11.6 Å². The van der Waals surface area contributed by atoms with E-state index in [1.807, 2.05) is 0 Å². The van der Waals surface area contributed by atoms with Crippen LogP contribution in [-0.2, 0) is 0 Å². The highest BCUT2D eigenvalue weighted by Crippen LogP contribution is 2.22. The number of hydrogen-bond donors (Lipinski definition) is 2. The largest absolute Gasteiger partial charge is 0.507 e. The molecule has 0 saturated carbocycles. The molecule has 2 N–H and O–H groups in total. The number of halogens is 1. The van der Waals surface area contributed by atoms with Crippen molar-refractivity contribution < 1.29 is 19.1 Å². The lowest BCUT2D eigenvalue weighted by molar-refractivity contribution is 0.0951. The number of ether oxygens (including phenoxy) is 1. The summed E-state index contributed by atoms with van der Waals surface area (Å²) in [5.74, 6) is -0.270. The topological polar surface area (TPSA) is 101 Å². The Morgan fingerprint density at radius 2 is 2.08 bits per heavy atom. The van der Waals surface area contributed by atoms with Crippen molar-refractivity contribution in [2.75, 3.05) is 7.11 Å². The summed E-state index contributed by atoms with van der Waals surface area (Å²) in [4.78, 5) is 24.0. The summed E-state index contributed by atoms with van der Waals surface area (Å²) in [6, 6.07) is 5.85. The first kappa shape index (κ1) is 17.6. The van der Waals surface area contributed by atoms with Gasteiger partial charge >= 0.3 is 5.63 Å². The molecule has 1 aromatic carbocycles. The Morgan fingerprint density at radius 1 is 1.38 bits per heavy atom. The molecule has 1 heterocycles. The van der Waals surface area contributed by atoms with E-state index >= 15 is 0 Å². The Kier molecular flexibility index (Phi) is 5.25. The van der Waals surface area contributed by atoms with Crippen molar-refractivity contribution in [2.24, 2.45) is 5.10 Å². The number of hydrogen-bond acceptors (Lipinski definition) is 6. The lowest BCUT2D eigenvalue weighted by Gasteiger charge is -2.08. The molecule has 24 heavy (non-hydrogen) atoms. The maximum atomic E-state index is 12.2.